The standard InChI is InChI=1S/C29H16F6/c30-27(31)25-15-12-18(16-26(25)28(32,33)29(27,34)35)20-13-14-24(23-10-4-3-9-21(20)23)22-11-5-7-17-6-1-2-8-19(17)22/h1-16H. The Hall–Kier alpha value is -3.80. The molecule has 0 atom stereocenters. The molecular weight excluding hydrogens is 462 g/mol. The van der Waals surface area contributed by atoms with Gasteiger partial charge in [-0.25, -0.2) is 0 Å². The van der Waals surface area contributed by atoms with Crippen molar-refractivity contribution < 1.29 is 26.3 Å². The number of fused-ring (bicyclic) bond motifs is 3. The first-order valence-corrected chi connectivity index (χ1v) is 10.9. The molecule has 0 saturated heterocycles. The van der Waals surface area contributed by atoms with Crippen molar-refractivity contribution in [3.05, 3.63) is 108 Å². The number of alkyl halides is 6. The Kier molecular flexibility index (Phi) is 4.41. The van der Waals surface area contributed by atoms with Crippen LogP contribution in [0.15, 0.2) is 97.1 Å². The molecule has 5 aromatic rings. The van der Waals surface area contributed by atoms with Gasteiger partial charge >= 0.3 is 17.8 Å². The summed E-state index contributed by atoms with van der Waals surface area (Å²) in [5, 5.41) is 3.61. The lowest BCUT2D eigenvalue weighted by molar-refractivity contribution is -0.302. The fourth-order valence-electron chi connectivity index (χ4n) is 5.03. The van der Waals surface area contributed by atoms with Crippen LogP contribution in [0.25, 0.3) is 43.8 Å². The van der Waals surface area contributed by atoms with Crippen LogP contribution >= 0.6 is 0 Å². The number of benzene rings is 5. The summed E-state index contributed by atoms with van der Waals surface area (Å²) >= 11 is 0. The topological polar surface area (TPSA) is 0 Å². The zero-order valence-electron chi connectivity index (χ0n) is 18.0. The lowest BCUT2D eigenvalue weighted by Crippen LogP contribution is -2.43. The molecule has 0 saturated carbocycles. The molecule has 0 amide bonds. The molecule has 0 spiro atoms. The summed E-state index contributed by atoms with van der Waals surface area (Å²) in [4.78, 5) is 0. The minimum atomic E-state index is -5.50. The van der Waals surface area contributed by atoms with E-state index in [4.69, 9.17) is 0 Å². The van der Waals surface area contributed by atoms with Gasteiger partial charge in [0, 0.05) is 11.1 Å². The minimum absolute atomic E-state index is 0.164. The average Bonchev–Trinajstić information content (AvgIpc) is 2.97. The third kappa shape index (κ3) is 2.83. The smallest absolute Gasteiger partial charge is 0.194 e. The molecule has 5 aromatic carbocycles. The Morgan fingerprint density at radius 2 is 0.971 bits per heavy atom. The van der Waals surface area contributed by atoms with Crippen LogP contribution in [0.2, 0.25) is 0 Å². The van der Waals surface area contributed by atoms with Gasteiger partial charge in [-0.1, -0.05) is 91.0 Å². The van der Waals surface area contributed by atoms with E-state index in [2.05, 4.69) is 0 Å². The molecule has 1 aliphatic carbocycles. The Labute approximate surface area is 196 Å². The van der Waals surface area contributed by atoms with Gasteiger partial charge in [0.2, 0.25) is 0 Å². The van der Waals surface area contributed by atoms with E-state index in [0.717, 1.165) is 33.4 Å². The van der Waals surface area contributed by atoms with E-state index in [1.165, 1.54) is 6.07 Å². The highest BCUT2D eigenvalue weighted by atomic mass is 19.3. The first kappa shape index (κ1) is 21.7. The van der Waals surface area contributed by atoms with Gasteiger partial charge in [0.25, 0.3) is 0 Å². The molecule has 6 heteroatoms. The largest absolute Gasteiger partial charge is 0.380 e. The molecule has 1 aliphatic rings. The van der Waals surface area contributed by atoms with Gasteiger partial charge < -0.3 is 0 Å². The van der Waals surface area contributed by atoms with Crippen molar-refractivity contribution in [1.29, 1.82) is 0 Å². The van der Waals surface area contributed by atoms with Crippen LogP contribution in [0.4, 0.5) is 26.3 Å². The van der Waals surface area contributed by atoms with Crippen molar-refractivity contribution in [1.82, 2.24) is 0 Å². The molecule has 0 aliphatic heterocycles. The molecule has 6 rings (SSSR count). The summed E-state index contributed by atoms with van der Waals surface area (Å²) in [5.74, 6) is -15.4. The lowest BCUT2D eigenvalue weighted by Gasteiger charge is -2.23. The van der Waals surface area contributed by atoms with Crippen LogP contribution in [0.3, 0.4) is 0 Å². The second-order valence-corrected chi connectivity index (χ2v) is 8.72. The quantitative estimate of drug-likeness (QED) is 0.222. The van der Waals surface area contributed by atoms with Gasteiger partial charge in [-0.3, -0.25) is 0 Å². The van der Waals surface area contributed by atoms with Crippen LogP contribution in [0.5, 0.6) is 0 Å². The minimum Gasteiger partial charge on any atom is -0.194 e. The summed E-state index contributed by atoms with van der Waals surface area (Å²) in [5.41, 5.74) is -0.143. The Morgan fingerprint density at radius 1 is 0.429 bits per heavy atom. The molecule has 0 nitrogen and oxygen atoms in total. The highest BCUT2D eigenvalue weighted by Crippen LogP contribution is 2.63. The van der Waals surface area contributed by atoms with Crippen LogP contribution < -0.4 is 0 Å². The zero-order chi connectivity index (χ0) is 24.6. The molecule has 0 aromatic heterocycles. The molecule has 0 unspecified atom stereocenters. The van der Waals surface area contributed by atoms with Crippen LogP contribution in [-0.2, 0) is 11.8 Å². The van der Waals surface area contributed by atoms with Crippen LogP contribution in [0, 0.1) is 0 Å². The molecule has 0 N–H and O–H groups in total. The van der Waals surface area contributed by atoms with Gasteiger partial charge in [0.05, 0.1) is 0 Å². The first-order chi connectivity index (χ1) is 16.6. The number of rotatable bonds is 2. The zero-order valence-corrected chi connectivity index (χ0v) is 18.0. The average molecular weight is 478 g/mol. The Bertz CT molecular complexity index is 1630. The Balaban J connectivity index is 1.58. The summed E-state index contributed by atoms with van der Waals surface area (Å²) < 4.78 is 85.0. The maximum atomic E-state index is 14.4. The lowest BCUT2D eigenvalue weighted by atomic mass is 9.89. The normalized spacial score (nSPS) is 17.5. The maximum Gasteiger partial charge on any atom is 0.380 e. The summed E-state index contributed by atoms with van der Waals surface area (Å²) in [6.07, 6.45) is 0. The van der Waals surface area contributed by atoms with Crippen molar-refractivity contribution in [2.45, 2.75) is 17.8 Å². The third-order valence-electron chi connectivity index (χ3n) is 6.80. The fraction of sp³-hybridized carbons (Fsp3) is 0.103. The SMILES string of the molecule is FC1(F)c2ccc(-c3ccc(-c4cccc5ccccc45)c4ccccc34)cc2C(F)(F)C1(F)F. The molecule has 0 heterocycles. The molecule has 0 fully saturated rings. The molecule has 174 valence electrons. The number of hydrogen-bond acceptors (Lipinski definition) is 0. The van der Waals surface area contributed by atoms with E-state index >= 15 is 0 Å². The van der Waals surface area contributed by atoms with Crippen molar-refractivity contribution in [3.63, 3.8) is 0 Å². The van der Waals surface area contributed by atoms with Gasteiger partial charge in [-0.2, -0.15) is 26.3 Å². The molecular formula is C29H16F6. The van der Waals surface area contributed by atoms with E-state index in [1.54, 1.807) is 18.2 Å². The van der Waals surface area contributed by atoms with Gasteiger partial charge in [0.1, 0.15) is 0 Å². The first-order valence-electron chi connectivity index (χ1n) is 10.9. The van der Waals surface area contributed by atoms with Crippen LogP contribution in [-0.4, -0.2) is 5.92 Å². The fourth-order valence-corrected chi connectivity index (χ4v) is 5.03. The van der Waals surface area contributed by atoms with Gasteiger partial charge in [-0.15, -0.1) is 0 Å². The van der Waals surface area contributed by atoms with Gasteiger partial charge in [0.15, 0.2) is 0 Å². The highest BCUT2D eigenvalue weighted by molar-refractivity contribution is 6.09. The van der Waals surface area contributed by atoms with Crippen molar-refractivity contribution in [2.24, 2.45) is 0 Å². The van der Waals surface area contributed by atoms with E-state index in [9.17, 15) is 26.3 Å². The predicted octanol–water partition coefficient (Wildman–Crippen LogP) is 9.16. The van der Waals surface area contributed by atoms with E-state index < -0.39 is 28.9 Å². The van der Waals surface area contributed by atoms with Crippen molar-refractivity contribution in [3.8, 4) is 22.3 Å². The van der Waals surface area contributed by atoms with E-state index in [-0.39, 0.29) is 5.56 Å². The second kappa shape index (κ2) is 7.11. The summed E-state index contributed by atoms with van der Waals surface area (Å²) in [6, 6.07) is 27.4. The van der Waals surface area contributed by atoms with Crippen molar-refractivity contribution >= 4 is 21.5 Å². The molecule has 0 radical (unpaired) electrons. The maximum absolute atomic E-state index is 14.4. The third-order valence-corrected chi connectivity index (χ3v) is 6.80. The Morgan fingerprint density at radius 3 is 1.71 bits per heavy atom. The van der Waals surface area contributed by atoms with E-state index in [0.29, 0.717) is 17.0 Å². The number of hydrogen-bond donors (Lipinski definition) is 0. The summed E-state index contributed by atoms with van der Waals surface area (Å²) in [7, 11) is 0. The van der Waals surface area contributed by atoms with Crippen molar-refractivity contribution in [2.75, 3.05) is 0 Å². The summed E-state index contributed by atoms with van der Waals surface area (Å²) in [6.45, 7) is 0. The number of halogens is 6. The molecule has 35 heavy (non-hydrogen) atoms. The monoisotopic (exact) mass is 478 g/mol. The van der Waals surface area contributed by atoms with Crippen LogP contribution in [0.1, 0.15) is 11.1 Å². The second-order valence-electron chi connectivity index (χ2n) is 8.72. The predicted molar refractivity (Wildman–Crippen MR) is 125 cm³/mol. The van der Waals surface area contributed by atoms with Gasteiger partial charge in [-0.05, 0) is 49.9 Å². The highest BCUT2D eigenvalue weighted by Gasteiger charge is 2.79. The molecule has 0 bridgehead atoms. The van der Waals surface area contributed by atoms with E-state index in [1.807, 2.05) is 60.7 Å².